The van der Waals surface area contributed by atoms with Gasteiger partial charge in [0.15, 0.2) is 0 Å². The van der Waals surface area contributed by atoms with Gasteiger partial charge >= 0.3 is 5.97 Å². The van der Waals surface area contributed by atoms with E-state index in [-0.39, 0.29) is 17.6 Å². The molecule has 0 bridgehead atoms. The van der Waals surface area contributed by atoms with Crippen LogP contribution in [0.1, 0.15) is 53.4 Å². The first-order valence-corrected chi connectivity index (χ1v) is 6.44. The van der Waals surface area contributed by atoms with E-state index in [0.717, 1.165) is 6.42 Å². The SMILES string of the molecule is CC(=O)O[C@H](C)CC(C)(C)[NH+]1CCCCC1. The highest BCUT2D eigenvalue weighted by atomic mass is 16.5. The Balaban J connectivity index is 2.45. The number of esters is 1. The second-order valence-electron chi connectivity index (χ2n) is 5.67. The minimum absolute atomic E-state index is 0.0296. The molecule has 0 spiro atoms. The molecule has 16 heavy (non-hydrogen) atoms. The van der Waals surface area contributed by atoms with Crippen LogP contribution in [0.25, 0.3) is 0 Å². The molecule has 1 saturated heterocycles. The number of ether oxygens (including phenoxy) is 1. The van der Waals surface area contributed by atoms with Gasteiger partial charge in [0.05, 0.1) is 18.6 Å². The minimum Gasteiger partial charge on any atom is -0.463 e. The molecule has 94 valence electrons. The lowest BCUT2D eigenvalue weighted by molar-refractivity contribution is -0.953. The molecule has 3 nitrogen and oxygen atoms in total. The molecule has 0 aromatic carbocycles. The molecule has 1 heterocycles. The molecule has 0 amide bonds. The monoisotopic (exact) mass is 228 g/mol. The molecular weight excluding hydrogens is 202 g/mol. The van der Waals surface area contributed by atoms with Crippen molar-refractivity contribution in [3.8, 4) is 0 Å². The fourth-order valence-corrected chi connectivity index (χ4v) is 2.84. The molecule has 0 aromatic heterocycles. The average Bonchev–Trinajstić information content (AvgIpc) is 2.16. The average molecular weight is 228 g/mol. The lowest BCUT2D eigenvalue weighted by Crippen LogP contribution is -3.20. The molecule has 1 aliphatic heterocycles. The molecular formula is C13H26NO2+. The third-order valence-electron chi connectivity index (χ3n) is 3.58. The zero-order chi connectivity index (χ0) is 12.2. The van der Waals surface area contributed by atoms with Gasteiger partial charge < -0.3 is 9.64 Å². The van der Waals surface area contributed by atoms with Gasteiger partial charge in [-0.1, -0.05) is 0 Å². The van der Waals surface area contributed by atoms with E-state index in [2.05, 4.69) is 13.8 Å². The number of hydrogen-bond acceptors (Lipinski definition) is 2. The molecule has 1 atom stereocenters. The van der Waals surface area contributed by atoms with Crippen molar-refractivity contribution in [1.82, 2.24) is 0 Å². The lowest BCUT2D eigenvalue weighted by Gasteiger charge is -2.39. The van der Waals surface area contributed by atoms with Crippen molar-refractivity contribution < 1.29 is 14.4 Å². The Morgan fingerprint density at radius 2 is 1.88 bits per heavy atom. The Bertz CT molecular complexity index is 232. The highest BCUT2D eigenvalue weighted by molar-refractivity contribution is 5.66. The Kier molecular flexibility index (Phi) is 4.78. The normalized spacial score (nSPS) is 20.5. The molecule has 1 rings (SSSR count). The minimum atomic E-state index is -0.169. The number of rotatable bonds is 4. The fourth-order valence-electron chi connectivity index (χ4n) is 2.84. The largest absolute Gasteiger partial charge is 0.463 e. The number of quaternary nitrogens is 1. The quantitative estimate of drug-likeness (QED) is 0.732. The lowest BCUT2D eigenvalue weighted by atomic mass is 9.92. The molecule has 0 saturated carbocycles. The van der Waals surface area contributed by atoms with E-state index >= 15 is 0 Å². The van der Waals surface area contributed by atoms with Gasteiger partial charge in [-0.2, -0.15) is 0 Å². The van der Waals surface area contributed by atoms with Crippen LogP contribution in [0.3, 0.4) is 0 Å². The van der Waals surface area contributed by atoms with E-state index in [9.17, 15) is 4.79 Å². The van der Waals surface area contributed by atoms with E-state index in [0.29, 0.717) is 0 Å². The number of piperidine rings is 1. The van der Waals surface area contributed by atoms with E-state index in [1.165, 1.54) is 39.3 Å². The van der Waals surface area contributed by atoms with Gasteiger partial charge in [0.1, 0.15) is 6.10 Å². The number of nitrogens with one attached hydrogen (secondary N) is 1. The topological polar surface area (TPSA) is 30.7 Å². The second-order valence-corrected chi connectivity index (χ2v) is 5.67. The molecule has 1 N–H and O–H groups in total. The summed E-state index contributed by atoms with van der Waals surface area (Å²) in [7, 11) is 0. The van der Waals surface area contributed by atoms with Crippen molar-refractivity contribution in [2.24, 2.45) is 0 Å². The molecule has 1 aliphatic rings. The molecule has 0 aromatic rings. The molecule has 3 heteroatoms. The van der Waals surface area contributed by atoms with Gasteiger partial charge in [0.2, 0.25) is 0 Å². The molecule has 1 fully saturated rings. The first kappa shape index (κ1) is 13.5. The van der Waals surface area contributed by atoms with Crippen LogP contribution in [-0.2, 0) is 9.53 Å². The maximum absolute atomic E-state index is 10.9. The van der Waals surface area contributed by atoms with Crippen molar-refractivity contribution >= 4 is 5.97 Å². The van der Waals surface area contributed by atoms with Crippen molar-refractivity contribution in [2.75, 3.05) is 13.1 Å². The van der Waals surface area contributed by atoms with Crippen LogP contribution in [0.15, 0.2) is 0 Å². The summed E-state index contributed by atoms with van der Waals surface area (Å²) in [5.41, 5.74) is 0.218. The predicted octanol–water partition coefficient (Wildman–Crippen LogP) is 1.18. The molecule has 0 aliphatic carbocycles. The summed E-state index contributed by atoms with van der Waals surface area (Å²) < 4.78 is 5.22. The number of likely N-dealkylation sites (tertiary alicyclic amines) is 1. The summed E-state index contributed by atoms with van der Waals surface area (Å²) in [5, 5.41) is 0. The third-order valence-corrected chi connectivity index (χ3v) is 3.58. The van der Waals surface area contributed by atoms with Crippen LogP contribution in [0.4, 0.5) is 0 Å². The predicted molar refractivity (Wildman–Crippen MR) is 64.5 cm³/mol. The van der Waals surface area contributed by atoms with Gasteiger partial charge in [-0.25, -0.2) is 0 Å². The van der Waals surface area contributed by atoms with E-state index in [1.807, 2.05) is 6.92 Å². The van der Waals surface area contributed by atoms with Crippen LogP contribution in [0.5, 0.6) is 0 Å². The summed E-state index contributed by atoms with van der Waals surface area (Å²) in [6.07, 6.45) is 5.02. The van der Waals surface area contributed by atoms with E-state index in [1.54, 1.807) is 4.90 Å². The summed E-state index contributed by atoms with van der Waals surface area (Å²) in [5.74, 6) is -0.169. The standard InChI is InChI=1S/C13H25NO2/c1-11(16-12(2)15)10-13(3,4)14-8-6-5-7-9-14/h11H,5-10H2,1-4H3/p+1/t11-/m1/s1. The zero-order valence-electron chi connectivity index (χ0n) is 11.1. The summed E-state index contributed by atoms with van der Waals surface area (Å²) in [6, 6.07) is 0. The Hall–Kier alpha value is -0.570. The maximum atomic E-state index is 10.9. The van der Waals surface area contributed by atoms with Crippen LogP contribution < -0.4 is 4.90 Å². The first-order chi connectivity index (χ1) is 7.42. The zero-order valence-corrected chi connectivity index (χ0v) is 11.1. The van der Waals surface area contributed by atoms with E-state index in [4.69, 9.17) is 4.74 Å². The van der Waals surface area contributed by atoms with Crippen LogP contribution in [0.2, 0.25) is 0 Å². The Morgan fingerprint density at radius 3 is 2.38 bits per heavy atom. The number of hydrogen-bond donors (Lipinski definition) is 1. The van der Waals surface area contributed by atoms with Gasteiger partial charge in [0, 0.05) is 13.3 Å². The van der Waals surface area contributed by atoms with Crippen molar-refractivity contribution in [3.05, 3.63) is 0 Å². The molecule has 0 radical (unpaired) electrons. The van der Waals surface area contributed by atoms with Crippen LogP contribution >= 0.6 is 0 Å². The third kappa shape index (κ3) is 4.12. The summed E-state index contributed by atoms with van der Waals surface area (Å²) in [6.45, 7) is 10.6. The number of carbonyl (C=O) groups is 1. The Labute approximate surface area is 99.1 Å². The van der Waals surface area contributed by atoms with Gasteiger partial charge in [-0.15, -0.1) is 0 Å². The van der Waals surface area contributed by atoms with Gasteiger partial charge in [0.25, 0.3) is 0 Å². The molecule has 0 unspecified atom stereocenters. The van der Waals surface area contributed by atoms with Gasteiger partial charge in [-0.3, -0.25) is 4.79 Å². The van der Waals surface area contributed by atoms with Crippen LogP contribution in [-0.4, -0.2) is 30.7 Å². The summed E-state index contributed by atoms with van der Waals surface area (Å²) >= 11 is 0. The summed E-state index contributed by atoms with van der Waals surface area (Å²) in [4.78, 5) is 12.6. The van der Waals surface area contributed by atoms with Gasteiger partial charge in [-0.05, 0) is 40.0 Å². The second kappa shape index (κ2) is 5.67. The van der Waals surface area contributed by atoms with E-state index < -0.39 is 0 Å². The first-order valence-electron chi connectivity index (χ1n) is 6.44. The van der Waals surface area contributed by atoms with Crippen molar-refractivity contribution in [3.63, 3.8) is 0 Å². The Morgan fingerprint density at radius 1 is 1.31 bits per heavy atom. The number of carbonyl (C=O) groups excluding carboxylic acids is 1. The highest BCUT2D eigenvalue weighted by Crippen LogP contribution is 2.12. The van der Waals surface area contributed by atoms with Crippen LogP contribution in [0, 0.1) is 0 Å². The fraction of sp³-hybridized carbons (Fsp3) is 0.923. The van der Waals surface area contributed by atoms with Crippen molar-refractivity contribution in [2.45, 2.75) is 65.0 Å². The van der Waals surface area contributed by atoms with Crippen molar-refractivity contribution in [1.29, 1.82) is 0 Å². The maximum Gasteiger partial charge on any atom is 0.302 e. The smallest absolute Gasteiger partial charge is 0.302 e. The highest BCUT2D eigenvalue weighted by Gasteiger charge is 2.34.